The minimum absolute atomic E-state index is 0.499. The van der Waals surface area contributed by atoms with Crippen molar-refractivity contribution in [2.45, 2.75) is 27.0 Å². The first kappa shape index (κ1) is 18.6. The van der Waals surface area contributed by atoms with Crippen molar-refractivity contribution in [3.05, 3.63) is 93.0 Å². The van der Waals surface area contributed by atoms with Crippen LogP contribution in [0.25, 0.3) is 0 Å². The van der Waals surface area contributed by atoms with Gasteiger partial charge in [-0.1, -0.05) is 65.2 Å². The molecule has 1 N–H and O–H groups in total. The fourth-order valence-corrected chi connectivity index (χ4v) is 3.03. The molecule has 0 aromatic heterocycles. The second kappa shape index (κ2) is 8.48. The topological polar surface area (TPSA) is 21.3 Å². The molecule has 0 atom stereocenters. The number of rotatable bonds is 6. The first-order chi connectivity index (χ1) is 12.5. The third-order valence-electron chi connectivity index (χ3n) is 4.19. The Kier molecular flexibility index (Phi) is 6.08. The minimum Gasteiger partial charge on any atom is -0.487 e. The Labute approximate surface area is 164 Å². The van der Waals surface area contributed by atoms with Crippen LogP contribution in [0.2, 0.25) is 10.0 Å². The van der Waals surface area contributed by atoms with Gasteiger partial charge < -0.3 is 10.1 Å². The maximum atomic E-state index is 6.39. The first-order valence-corrected chi connectivity index (χ1v) is 9.23. The van der Waals surface area contributed by atoms with Crippen LogP contribution >= 0.6 is 23.2 Å². The number of hydrogen-bond donors (Lipinski definition) is 1. The molecule has 0 spiro atoms. The predicted molar refractivity (Wildman–Crippen MR) is 110 cm³/mol. The maximum Gasteiger partial charge on any atom is 0.138 e. The number of hydrogen-bond acceptors (Lipinski definition) is 2. The van der Waals surface area contributed by atoms with E-state index < -0.39 is 0 Å². The summed E-state index contributed by atoms with van der Waals surface area (Å²) in [5.41, 5.74) is 5.61. The molecule has 0 heterocycles. The van der Waals surface area contributed by atoms with Crippen LogP contribution < -0.4 is 10.1 Å². The van der Waals surface area contributed by atoms with E-state index in [-0.39, 0.29) is 0 Å². The monoisotopic (exact) mass is 385 g/mol. The molecule has 134 valence electrons. The molecule has 0 bridgehead atoms. The molecule has 0 fully saturated rings. The molecule has 2 nitrogen and oxygen atoms in total. The molecule has 26 heavy (non-hydrogen) atoms. The van der Waals surface area contributed by atoms with Crippen molar-refractivity contribution >= 4 is 28.9 Å². The highest BCUT2D eigenvalue weighted by Gasteiger charge is 2.05. The highest BCUT2D eigenvalue weighted by molar-refractivity contribution is 6.32. The standard InChI is InChI=1S/C22H21Cl2NO/c1-15-3-6-17(7-4-15)14-26-22-10-8-18(11-20(22)24)13-25-21-12-19(23)9-5-16(21)2/h3-12,25H,13-14H2,1-2H3. The van der Waals surface area contributed by atoms with Crippen molar-refractivity contribution in [1.82, 2.24) is 0 Å². The number of halogens is 2. The maximum absolute atomic E-state index is 6.39. The zero-order valence-electron chi connectivity index (χ0n) is 14.9. The lowest BCUT2D eigenvalue weighted by atomic mass is 10.1. The Morgan fingerprint density at radius 1 is 0.846 bits per heavy atom. The van der Waals surface area contributed by atoms with E-state index in [9.17, 15) is 0 Å². The van der Waals surface area contributed by atoms with Gasteiger partial charge in [0.1, 0.15) is 12.4 Å². The summed E-state index contributed by atoms with van der Waals surface area (Å²) in [4.78, 5) is 0. The van der Waals surface area contributed by atoms with Crippen molar-refractivity contribution < 1.29 is 4.74 Å². The molecular weight excluding hydrogens is 365 g/mol. The molecular formula is C22H21Cl2NO. The van der Waals surface area contributed by atoms with Gasteiger partial charge in [0, 0.05) is 17.3 Å². The van der Waals surface area contributed by atoms with Crippen molar-refractivity contribution in [2.75, 3.05) is 5.32 Å². The molecule has 0 aliphatic rings. The SMILES string of the molecule is Cc1ccc(COc2ccc(CNc3cc(Cl)ccc3C)cc2Cl)cc1. The third kappa shape index (κ3) is 4.94. The van der Waals surface area contributed by atoms with Crippen molar-refractivity contribution in [2.24, 2.45) is 0 Å². The molecule has 0 aliphatic heterocycles. The Morgan fingerprint density at radius 3 is 2.31 bits per heavy atom. The van der Waals surface area contributed by atoms with E-state index in [2.05, 4.69) is 36.5 Å². The number of benzene rings is 3. The van der Waals surface area contributed by atoms with E-state index in [1.54, 1.807) is 0 Å². The van der Waals surface area contributed by atoms with Gasteiger partial charge in [-0.3, -0.25) is 0 Å². The van der Waals surface area contributed by atoms with Crippen LogP contribution in [0.3, 0.4) is 0 Å². The molecule has 3 aromatic rings. The quantitative estimate of drug-likeness (QED) is 0.503. The third-order valence-corrected chi connectivity index (χ3v) is 4.72. The smallest absolute Gasteiger partial charge is 0.138 e. The van der Waals surface area contributed by atoms with E-state index in [0.29, 0.717) is 23.9 Å². The molecule has 0 aliphatic carbocycles. The second-order valence-corrected chi connectivity index (χ2v) is 7.20. The number of nitrogens with one attached hydrogen (secondary N) is 1. The van der Waals surface area contributed by atoms with E-state index in [4.69, 9.17) is 27.9 Å². The van der Waals surface area contributed by atoms with Gasteiger partial charge >= 0.3 is 0 Å². The Hall–Kier alpha value is -2.16. The molecule has 0 amide bonds. The summed E-state index contributed by atoms with van der Waals surface area (Å²) in [6.07, 6.45) is 0. The van der Waals surface area contributed by atoms with Crippen LogP contribution in [0.1, 0.15) is 22.3 Å². The summed E-state index contributed by atoms with van der Waals surface area (Å²) < 4.78 is 5.85. The average Bonchev–Trinajstić information content (AvgIpc) is 2.63. The Morgan fingerprint density at radius 2 is 1.58 bits per heavy atom. The van der Waals surface area contributed by atoms with Crippen LogP contribution in [0, 0.1) is 13.8 Å². The summed E-state index contributed by atoms with van der Waals surface area (Å²) in [6.45, 7) is 5.28. The van der Waals surface area contributed by atoms with Crippen LogP contribution in [-0.2, 0) is 13.2 Å². The van der Waals surface area contributed by atoms with Gasteiger partial charge in [-0.15, -0.1) is 0 Å². The van der Waals surface area contributed by atoms with Crippen molar-refractivity contribution in [1.29, 1.82) is 0 Å². The lowest BCUT2D eigenvalue weighted by Gasteiger charge is -2.12. The molecule has 3 rings (SSSR count). The van der Waals surface area contributed by atoms with E-state index in [1.165, 1.54) is 5.56 Å². The fourth-order valence-electron chi connectivity index (χ4n) is 2.60. The van der Waals surface area contributed by atoms with Gasteiger partial charge in [-0.05, 0) is 54.8 Å². The van der Waals surface area contributed by atoms with Gasteiger partial charge in [-0.25, -0.2) is 0 Å². The highest BCUT2D eigenvalue weighted by Crippen LogP contribution is 2.27. The van der Waals surface area contributed by atoms with Gasteiger partial charge in [0.15, 0.2) is 0 Å². The molecule has 0 radical (unpaired) electrons. The van der Waals surface area contributed by atoms with Crippen molar-refractivity contribution in [3.8, 4) is 5.75 Å². The summed E-state index contributed by atoms with van der Waals surface area (Å²) in [6, 6.07) is 20.0. The second-order valence-electron chi connectivity index (χ2n) is 6.35. The predicted octanol–water partition coefficient (Wildman–Crippen LogP) is 6.80. The zero-order chi connectivity index (χ0) is 18.5. The normalized spacial score (nSPS) is 10.6. The van der Waals surface area contributed by atoms with E-state index in [1.807, 2.05) is 43.3 Å². The number of aryl methyl sites for hydroxylation is 2. The van der Waals surface area contributed by atoms with E-state index in [0.717, 1.165) is 27.4 Å². The zero-order valence-corrected chi connectivity index (χ0v) is 16.4. The lowest BCUT2D eigenvalue weighted by Crippen LogP contribution is -2.02. The number of ether oxygens (including phenoxy) is 1. The largest absolute Gasteiger partial charge is 0.487 e. The van der Waals surface area contributed by atoms with Gasteiger partial charge in [0.2, 0.25) is 0 Å². The van der Waals surface area contributed by atoms with Gasteiger partial charge in [0.05, 0.1) is 5.02 Å². The molecule has 0 saturated carbocycles. The minimum atomic E-state index is 0.499. The Bertz CT molecular complexity index is 891. The first-order valence-electron chi connectivity index (χ1n) is 8.48. The van der Waals surface area contributed by atoms with Gasteiger partial charge in [-0.2, -0.15) is 0 Å². The van der Waals surface area contributed by atoms with Crippen LogP contribution in [0.5, 0.6) is 5.75 Å². The summed E-state index contributed by atoms with van der Waals surface area (Å²) >= 11 is 12.4. The fraction of sp³-hybridized carbons (Fsp3) is 0.182. The Balaban J connectivity index is 1.61. The molecule has 4 heteroatoms. The summed E-state index contributed by atoms with van der Waals surface area (Å²) in [7, 11) is 0. The summed E-state index contributed by atoms with van der Waals surface area (Å²) in [5, 5.41) is 4.72. The molecule has 0 unspecified atom stereocenters. The van der Waals surface area contributed by atoms with Gasteiger partial charge in [0.25, 0.3) is 0 Å². The van der Waals surface area contributed by atoms with Crippen molar-refractivity contribution in [3.63, 3.8) is 0 Å². The van der Waals surface area contributed by atoms with E-state index >= 15 is 0 Å². The molecule has 0 saturated heterocycles. The number of anilines is 1. The summed E-state index contributed by atoms with van der Waals surface area (Å²) in [5.74, 6) is 0.690. The lowest BCUT2D eigenvalue weighted by molar-refractivity contribution is 0.306. The van der Waals surface area contributed by atoms with Crippen LogP contribution in [-0.4, -0.2) is 0 Å². The van der Waals surface area contributed by atoms with Crippen LogP contribution in [0.15, 0.2) is 60.7 Å². The molecule has 3 aromatic carbocycles. The highest BCUT2D eigenvalue weighted by atomic mass is 35.5. The average molecular weight is 386 g/mol. The van der Waals surface area contributed by atoms with Crippen LogP contribution in [0.4, 0.5) is 5.69 Å².